The van der Waals surface area contributed by atoms with Crippen LogP contribution in [0.3, 0.4) is 0 Å². The number of hydrogen-bond acceptors (Lipinski definition) is 5. The zero-order chi connectivity index (χ0) is 13.7. The first-order valence-electron chi connectivity index (χ1n) is 6.27. The molecule has 0 saturated carbocycles. The molecule has 1 amide bonds. The maximum Gasteiger partial charge on any atom is 0.227 e. The zero-order valence-electron chi connectivity index (χ0n) is 11.0. The Morgan fingerprint density at radius 3 is 3.00 bits per heavy atom. The number of imidazole rings is 1. The molecule has 19 heavy (non-hydrogen) atoms. The lowest BCUT2D eigenvalue weighted by Crippen LogP contribution is -2.29. The summed E-state index contributed by atoms with van der Waals surface area (Å²) in [5.74, 6) is 1.78. The zero-order valence-corrected chi connectivity index (χ0v) is 11.0. The van der Waals surface area contributed by atoms with Crippen molar-refractivity contribution in [2.24, 2.45) is 0 Å². The number of nitrogens with zero attached hydrogens (tertiary/aromatic N) is 3. The van der Waals surface area contributed by atoms with Crippen LogP contribution >= 0.6 is 0 Å². The number of amides is 1. The van der Waals surface area contributed by atoms with Crippen LogP contribution in [0.1, 0.15) is 43.3 Å². The van der Waals surface area contributed by atoms with Crippen LogP contribution < -0.4 is 5.32 Å². The van der Waals surface area contributed by atoms with Crippen molar-refractivity contribution in [3.63, 3.8) is 0 Å². The SMILES string of the molecule is CCC(NC(=O)CCc1nc(C)no1)c1ncc[nH]1. The highest BCUT2D eigenvalue weighted by atomic mass is 16.5. The molecule has 0 bridgehead atoms. The Bertz CT molecular complexity index is 520. The van der Waals surface area contributed by atoms with Gasteiger partial charge in [0.1, 0.15) is 5.82 Å². The van der Waals surface area contributed by atoms with Crippen LogP contribution in [0.25, 0.3) is 0 Å². The van der Waals surface area contributed by atoms with Crippen molar-refractivity contribution in [1.29, 1.82) is 0 Å². The van der Waals surface area contributed by atoms with Gasteiger partial charge in [0.25, 0.3) is 0 Å². The second kappa shape index (κ2) is 6.12. The summed E-state index contributed by atoms with van der Waals surface area (Å²) in [5.41, 5.74) is 0. The van der Waals surface area contributed by atoms with Crippen molar-refractivity contribution < 1.29 is 9.32 Å². The van der Waals surface area contributed by atoms with Gasteiger partial charge in [-0.1, -0.05) is 12.1 Å². The Balaban J connectivity index is 1.83. The number of H-pyrrole nitrogens is 1. The van der Waals surface area contributed by atoms with Gasteiger partial charge in [0.15, 0.2) is 5.82 Å². The fourth-order valence-corrected chi connectivity index (χ4v) is 1.76. The number of rotatable bonds is 6. The summed E-state index contributed by atoms with van der Waals surface area (Å²) in [4.78, 5) is 23.1. The molecule has 2 aromatic rings. The van der Waals surface area contributed by atoms with E-state index in [1.54, 1.807) is 19.3 Å². The topological polar surface area (TPSA) is 96.7 Å². The summed E-state index contributed by atoms with van der Waals surface area (Å²) in [6.45, 7) is 3.74. The number of nitrogens with one attached hydrogen (secondary N) is 2. The molecule has 0 fully saturated rings. The molecule has 1 unspecified atom stereocenters. The lowest BCUT2D eigenvalue weighted by molar-refractivity contribution is -0.122. The predicted octanol–water partition coefficient (Wildman–Crippen LogP) is 1.30. The van der Waals surface area contributed by atoms with Crippen LogP contribution in [0.15, 0.2) is 16.9 Å². The summed E-state index contributed by atoms with van der Waals surface area (Å²) in [6.07, 6.45) is 4.95. The number of aromatic amines is 1. The summed E-state index contributed by atoms with van der Waals surface area (Å²) in [5, 5.41) is 6.60. The van der Waals surface area contributed by atoms with E-state index in [0.717, 1.165) is 12.2 Å². The van der Waals surface area contributed by atoms with Crippen molar-refractivity contribution in [3.8, 4) is 0 Å². The highest BCUT2D eigenvalue weighted by molar-refractivity contribution is 5.76. The van der Waals surface area contributed by atoms with E-state index in [4.69, 9.17) is 4.52 Å². The van der Waals surface area contributed by atoms with Gasteiger partial charge in [0.05, 0.1) is 6.04 Å². The Morgan fingerprint density at radius 2 is 2.42 bits per heavy atom. The van der Waals surface area contributed by atoms with Gasteiger partial charge in [-0.3, -0.25) is 4.79 Å². The monoisotopic (exact) mass is 263 g/mol. The van der Waals surface area contributed by atoms with Gasteiger partial charge < -0.3 is 14.8 Å². The molecular formula is C12H17N5O2. The number of carbonyl (C=O) groups is 1. The van der Waals surface area contributed by atoms with Gasteiger partial charge in [-0.15, -0.1) is 0 Å². The van der Waals surface area contributed by atoms with Crippen LogP contribution in [0.5, 0.6) is 0 Å². The molecule has 7 heteroatoms. The first-order valence-corrected chi connectivity index (χ1v) is 6.27. The van der Waals surface area contributed by atoms with Gasteiger partial charge in [-0.2, -0.15) is 4.98 Å². The summed E-state index contributed by atoms with van der Waals surface area (Å²) in [7, 11) is 0. The molecule has 102 valence electrons. The maximum absolute atomic E-state index is 11.8. The molecule has 0 radical (unpaired) electrons. The second-order valence-electron chi connectivity index (χ2n) is 4.24. The summed E-state index contributed by atoms with van der Waals surface area (Å²) >= 11 is 0. The Hall–Kier alpha value is -2.18. The van der Waals surface area contributed by atoms with E-state index in [1.165, 1.54) is 0 Å². The summed E-state index contributed by atoms with van der Waals surface area (Å²) < 4.78 is 4.96. The third-order valence-electron chi connectivity index (χ3n) is 2.73. The average Bonchev–Trinajstić information content (AvgIpc) is 3.05. The Morgan fingerprint density at radius 1 is 1.58 bits per heavy atom. The molecule has 0 aliphatic rings. The van der Waals surface area contributed by atoms with Crippen LogP contribution in [-0.4, -0.2) is 26.0 Å². The van der Waals surface area contributed by atoms with Crippen molar-refractivity contribution >= 4 is 5.91 Å². The quantitative estimate of drug-likeness (QED) is 0.818. The highest BCUT2D eigenvalue weighted by Gasteiger charge is 2.15. The molecular weight excluding hydrogens is 246 g/mol. The number of carbonyl (C=O) groups excluding carboxylic acids is 1. The molecule has 0 aliphatic carbocycles. The lowest BCUT2D eigenvalue weighted by atomic mass is 10.2. The van der Waals surface area contributed by atoms with E-state index in [0.29, 0.717) is 24.6 Å². The van der Waals surface area contributed by atoms with Crippen LogP contribution in [0.4, 0.5) is 0 Å². The van der Waals surface area contributed by atoms with E-state index in [9.17, 15) is 4.79 Å². The molecule has 0 spiro atoms. The third-order valence-corrected chi connectivity index (χ3v) is 2.73. The fourth-order valence-electron chi connectivity index (χ4n) is 1.76. The van der Waals surface area contributed by atoms with Crippen molar-refractivity contribution in [3.05, 3.63) is 29.9 Å². The minimum absolute atomic E-state index is 0.0564. The molecule has 0 aliphatic heterocycles. The fraction of sp³-hybridized carbons (Fsp3) is 0.500. The van der Waals surface area contributed by atoms with Crippen molar-refractivity contribution in [2.45, 2.75) is 39.2 Å². The molecule has 0 saturated heterocycles. The van der Waals surface area contributed by atoms with Crippen LogP contribution in [-0.2, 0) is 11.2 Å². The van der Waals surface area contributed by atoms with Gasteiger partial charge in [0.2, 0.25) is 11.8 Å². The number of hydrogen-bond donors (Lipinski definition) is 2. The highest BCUT2D eigenvalue weighted by Crippen LogP contribution is 2.11. The minimum atomic E-state index is -0.0908. The predicted molar refractivity (Wildman–Crippen MR) is 67.1 cm³/mol. The van der Waals surface area contributed by atoms with Gasteiger partial charge in [0, 0.05) is 25.2 Å². The molecule has 1 atom stereocenters. The van der Waals surface area contributed by atoms with Crippen molar-refractivity contribution in [1.82, 2.24) is 25.4 Å². The van der Waals surface area contributed by atoms with Crippen molar-refractivity contribution in [2.75, 3.05) is 0 Å². The van der Waals surface area contributed by atoms with E-state index in [1.807, 2.05) is 6.92 Å². The lowest BCUT2D eigenvalue weighted by Gasteiger charge is -2.14. The first kappa shape index (κ1) is 13.3. The van der Waals surface area contributed by atoms with Gasteiger partial charge >= 0.3 is 0 Å². The molecule has 2 aromatic heterocycles. The van der Waals surface area contributed by atoms with E-state index >= 15 is 0 Å². The van der Waals surface area contributed by atoms with E-state index in [-0.39, 0.29) is 11.9 Å². The average molecular weight is 263 g/mol. The largest absolute Gasteiger partial charge is 0.347 e. The molecule has 0 aromatic carbocycles. The van der Waals surface area contributed by atoms with E-state index < -0.39 is 0 Å². The smallest absolute Gasteiger partial charge is 0.227 e. The second-order valence-corrected chi connectivity index (χ2v) is 4.24. The van der Waals surface area contributed by atoms with E-state index in [2.05, 4.69) is 25.4 Å². The molecule has 7 nitrogen and oxygen atoms in total. The maximum atomic E-state index is 11.8. The first-order chi connectivity index (χ1) is 9.19. The molecule has 2 heterocycles. The standard InChI is InChI=1S/C12H17N5O2/c1-3-9(12-13-6-7-14-12)16-10(18)4-5-11-15-8(2)17-19-11/h6-7,9H,3-5H2,1-2H3,(H,13,14)(H,16,18). The van der Waals surface area contributed by atoms with Gasteiger partial charge in [-0.25, -0.2) is 4.98 Å². The van der Waals surface area contributed by atoms with Crippen LogP contribution in [0, 0.1) is 6.92 Å². The molecule has 2 N–H and O–H groups in total. The molecule has 2 rings (SSSR count). The number of aromatic nitrogens is 4. The number of aryl methyl sites for hydroxylation is 2. The minimum Gasteiger partial charge on any atom is -0.347 e. The summed E-state index contributed by atoms with van der Waals surface area (Å²) in [6, 6.07) is -0.0908. The Kier molecular flexibility index (Phi) is 4.27. The van der Waals surface area contributed by atoms with Gasteiger partial charge in [-0.05, 0) is 13.3 Å². The normalized spacial score (nSPS) is 12.3. The Labute approximate surface area is 110 Å². The third kappa shape index (κ3) is 3.64. The van der Waals surface area contributed by atoms with Crippen LogP contribution in [0.2, 0.25) is 0 Å².